The van der Waals surface area contributed by atoms with Gasteiger partial charge in [0.25, 0.3) is 0 Å². The molecule has 0 radical (unpaired) electrons. The molecular formula is C14H20N2O2. The highest BCUT2D eigenvalue weighted by Gasteiger charge is 2.22. The molecular weight excluding hydrogens is 228 g/mol. The van der Waals surface area contributed by atoms with Gasteiger partial charge in [-0.2, -0.15) is 0 Å². The summed E-state index contributed by atoms with van der Waals surface area (Å²) in [6.45, 7) is 4.82. The van der Waals surface area contributed by atoms with Gasteiger partial charge in [0.1, 0.15) is 0 Å². The Labute approximate surface area is 108 Å². The number of hydrogen-bond donors (Lipinski definition) is 1. The fourth-order valence-corrected chi connectivity index (χ4v) is 2.30. The van der Waals surface area contributed by atoms with Gasteiger partial charge >= 0.3 is 0 Å². The summed E-state index contributed by atoms with van der Waals surface area (Å²) in [6.07, 6.45) is 0. The van der Waals surface area contributed by atoms with Crippen molar-refractivity contribution in [3.63, 3.8) is 0 Å². The Bertz CT molecular complexity index is 418. The van der Waals surface area contributed by atoms with Crippen LogP contribution >= 0.6 is 0 Å². The van der Waals surface area contributed by atoms with E-state index in [9.17, 15) is 4.79 Å². The lowest BCUT2D eigenvalue weighted by atomic mass is 10.1. The van der Waals surface area contributed by atoms with Crippen LogP contribution in [0.15, 0.2) is 24.3 Å². The zero-order valence-electron chi connectivity index (χ0n) is 11.0. The molecule has 18 heavy (non-hydrogen) atoms. The predicted octanol–water partition coefficient (Wildman–Crippen LogP) is 1.31. The molecule has 1 atom stereocenters. The molecule has 0 bridgehead atoms. The molecule has 1 N–H and O–H groups in total. The third kappa shape index (κ3) is 2.89. The van der Waals surface area contributed by atoms with Crippen molar-refractivity contribution in [2.75, 3.05) is 38.3 Å². The van der Waals surface area contributed by atoms with Crippen LogP contribution in [0, 0.1) is 0 Å². The third-order valence-electron chi connectivity index (χ3n) is 3.25. The summed E-state index contributed by atoms with van der Waals surface area (Å²) >= 11 is 0. The number of rotatable bonds is 4. The number of nitrogens with zero attached hydrogens (tertiary/aromatic N) is 1. The topological polar surface area (TPSA) is 41.6 Å². The van der Waals surface area contributed by atoms with Gasteiger partial charge in [-0.15, -0.1) is 0 Å². The van der Waals surface area contributed by atoms with Gasteiger partial charge in [-0.3, -0.25) is 4.79 Å². The van der Waals surface area contributed by atoms with Crippen LogP contribution in [0.5, 0.6) is 0 Å². The lowest BCUT2D eigenvalue weighted by Gasteiger charge is -2.37. The molecule has 4 nitrogen and oxygen atoms in total. The molecule has 0 amide bonds. The smallest absolute Gasteiger partial charge is 0.159 e. The van der Waals surface area contributed by atoms with E-state index in [2.05, 4.69) is 16.3 Å². The standard InChI is InChI=1S/C14H20N2O2/c1-11(17)12-4-3-5-13(8-12)16-6-7-18-10-14(16)9-15-2/h3-5,8,14-15H,6-7,9-10H2,1-2H3. The highest BCUT2D eigenvalue weighted by molar-refractivity contribution is 5.95. The summed E-state index contributed by atoms with van der Waals surface area (Å²) in [5.41, 5.74) is 1.87. The largest absolute Gasteiger partial charge is 0.377 e. The first-order valence-corrected chi connectivity index (χ1v) is 6.32. The first-order valence-electron chi connectivity index (χ1n) is 6.32. The van der Waals surface area contributed by atoms with Crippen LogP contribution in [0.1, 0.15) is 17.3 Å². The molecule has 98 valence electrons. The monoisotopic (exact) mass is 248 g/mol. The molecule has 0 aromatic heterocycles. The number of carbonyl (C=O) groups excluding carboxylic acids is 1. The summed E-state index contributed by atoms with van der Waals surface area (Å²) in [5, 5.41) is 3.19. The number of hydrogen-bond acceptors (Lipinski definition) is 4. The number of nitrogens with one attached hydrogen (secondary N) is 1. The van der Waals surface area contributed by atoms with Gasteiger partial charge in [-0.05, 0) is 26.1 Å². The third-order valence-corrected chi connectivity index (χ3v) is 3.25. The number of morpholine rings is 1. The van der Waals surface area contributed by atoms with Crippen LogP contribution in [-0.4, -0.2) is 45.2 Å². The highest BCUT2D eigenvalue weighted by atomic mass is 16.5. The van der Waals surface area contributed by atoms with Crippen molar-refractivity contribution >= 4 is 11.5 Å². The molecule has 2 rings (SSSR count). The lowest BCUT2D eigenvalue weighted by Crippen LogP contribution is -2.50. The Morgan fingerprint density at radius 2 is 2.39 bits per heavy atom. The number of carbonyl (C=O) groups is 1. The molecule has 0 saturated carbocycles. The van der Waals surface area contributed by atoms with E-state index in [4.69, 9.17) is 4.74 Å². The maximum absolute atomic E-state index is 11.4. The minimum Gasteiger partial charge on any atom is -0.377 e. The second-order valence-electron chi connectivity index (χ2n) is 4.59. The van der Waals surface area contributed by atoms with E-state index in [1.807, 2.05) is 25.2 Å². The van der Waals surface area contributed by atoms with E-state index in [0.717, 1.165) is 37.6 Å². The van der Waals surface area contributed by atoms with Crippen molar-refractivity contribution in [1.82, 2.24) is 5.32 Å². The van der Waals surface area contributed by atoms with Crippen molar-refractivity contribution in [3.05, 3.63) is 29.8 Å². The summed E-state index contributed by atoms with van der Waals surface area (Å²) < 4.78 is 5.52. The first kappa shape index (κ1) is 13.1. The Hall–Kier alpha value is -1.39. The molecule has 1 aliphatic rings. The van der Waals surface area contributed by atoms with Gasteiger partial charge in [0, 0.05) is 24.3 Å². The number of ether oxygens (including phenoxy) is 1. The second-order valence-corrected chi connectivity index (χ2v) is 4.59. The maximum atomic E-state index is 11.4. The predicted molar refractivity (Wildman–Crippen MR) is 72.3 cm³/mol. The average molecular weight is 248 g/mol. The first-order chi connectivity index (χ1) is 8.72. The van der Waals surface area contributed by atoms with Crippen molar-refractivity contribution in [3.8, 4) is 0 Å². The van der Waals surface area contributed by atoms with Crippen molar-refractivity contribution in [2.24, 2.45) is 0 Å². The molecule has 1 unspecified atom stereocenters. The average Bonchev–Trinajstić information content (AvgIpc) is 2.40. The van der Waals surface area contributed by atoms with E-state index in [-0.39, 0.29) is 5.78 Å². The van der Waals surface area contributed by atoms with Crippen LogP contribution in [0.25, 0.3) is 0 Å². The van der Waals surface area contributed by atoms with E-state index in [0.29, 0.717) is 6.04 Å². The summed E-state index contributed by atoms with van der Waals surface area (Å²) in [4.78, 5) is 13.7. The van der Waals surface area contributed by atoms with Crippen molar-refractivity contribution < 1.29 is 9.53 Å². The number of anilines is 1. The Kier molecular flexibility index (Phi) is 4.33. The Balaban J connectivity index is 2.22. The van der Waals surface area contributed by atoms with E-state index in [1.165, 1.54) is 0 Å². The number of ketones is 1. The number of likely N-dealkylation sites (N-methyl/N-ethyl adjacent to an activating group) is 1. The number of Topliss-reactive ketones (excluding diaryl/α,β-unsaturated/α-hetero) is 1. The van der Waals surface area contributed by atoms with E-state index in [1.54, 1.807) is 6.92 Å². The van der Waals surface area contributed by atoms with Gasteiger partial charge in [-0.1, -0.05) is 12.1 Å². The number of benzene rings is 1. The summed E-state index contributed by atoms with van der Waals surface area (Å²) in [6, 6.07) is 8.15. The van der Waals surface area contributed by atoms with Gasteiger partial charge in [0.05, 0.1) is 19.3 Å². The van der Waals surface area contributed by atoms with Gasteiger partial charge < -0.3 is 15.0 Å². The Morgan fingerprint density at radius 3 is 3.11 bits per heavy atom. The van der Waals surface area contributed by atoms with E-state index < -0.39 is 0 Å². The fourth-order valence-electron chi connectivity index (χ4n) is 2.30. The highest BCUT2D eigenvalue weighted by Crippen LogP contribution is 2.21. The zero-order chi connectivity index (χ0) is 13.0. The summed E-state index contributed by atoms with van der Waals surface area (Å²) in [7, 11) is 1.94. The van der Waals surface area contributed by atoms with Crippen molar-refractivity contribution in [2.45, 2.75) is 13.0 Å². The van der Waals surface area contributed by atoms with Crippen LogP contribution in [0.3, 0.4) is 0 Å². The Morgan fingerprint density at radius 1 is 1.56 bits per heavy atom. The fraction of sp³-hybridized carbons (Fsp3) is 0.500. The molecule has 1 saturated heterocycles. The molecule has 1 fully saturated rings. The molecule has 4 heteroatoms. The van der Waals surface area contributed by atoms with Crippen LogP contribution in [0.4, 0.5) is 5.69 Å². The quantitative estimate of drug-likeness (QED) is 0.816. The van der Waals surface area contributed by atoms with Crippen molar-refractivity contribution in [1.29, 1.82) is 0 Å². The van der Waals surface area contributed by atoms with Gasteiger partial charge in [0.2, 0.25) is 0 Å². The molecule has 0 spiro atoms. The van der Waals surface area contributed by atoms with E-state index >= 15 is 0 Å². The minimum absolute atomic E-state index is 0.107. The van der Waals surface area contributed by atoms with Gasteiger partial charge in [0.15, 0.2) is 5.78 Å². The van der Waals surface area contributed by atoms with Crippen LogP contribution in [0.2, 0.25) is 0 Å². The SMILES string of the molecule is CNCC1COCCN1c1cccc(C(C)=O)c1. The maximum Gasteiger partial charge on any atom is 0.159 e. The lowest BCUT2D eigenvalue weighted by molar-refractivity contribution is 0.0943. The zero-order valence-corrected chi connectivity index (χ0v) is 11.0. The molecule has 0 aliphatic carbocycles. The van der Waals surface area contributed by atoms with Crippen LogP contribution in [-0.2, 0) is 4.74 Å². The van der Waals surface area contributed by atoms with Gasteiger partial charge in [-0.25, -0.2) is 0 Å². The molecule has 1 aromatic rings. The minimum atomic E-state index is 0.107. The molecule has 1 heterocycles. The summed E-state index contributed by atoms with van der Waals surface area (Å²) in [5.74, 6) is 0.107. The second kappa shape index (κ2) is 5.98. The normalized spacial score (nSPS) is 19.9. The molecule has 1 aliphatic heterocycles. The van der Waals surface area contributed by atoms with Crippen LogP contribution < -0.4 is 10.2 Å². The molecule has 1 aromatic carbocycles.